The fourth-order valence-corrected chi connectivity index (χ4v) is 3.34. The summed E-state index contributed by atoms with van der Waals surface area (Å²) in [6, 6.07) is 12.2. The fraction of sp³-hybridized carbons (Fsp3) is 0.333. The maximum absolute atomic E-state index is 12.6. The van der Waals surface area contributed by atoms with Crippen LogP contribution >= 0.6 is 0 Å². The quantitative estimate of drug-likeness (QED) is 0.576. The average molecular weight is 396 g/mol. The number of non-ortho nitro benzene ring substituents is 1. The maximum atomic E-state index is 12.6. The lowest BCUT2D eigenvalue weighted by molar-refractivity contribution is -0.384. The van der Waals surface area contributed by atoms with Crippen LogP contribution in [0, 0.1) is 10.1 Å². The van der Waals surface area contributed by atoms with Crippen molar-refractivity contribution >= 4 is 28.9 Å². The Balaban J connectivity index is 1.66. The summed E-state index contributed by atoms with van der Waals surface area (Å²) in [5.74, 6) is -0.895. The molecule has 29 heavy (non-hydrogen) atoms. The Hall–Kier alpha value is -3.42. The molecule has 2 amide bonds. The number of benzene rings is 2. The SMILES string of the molecule is CC(NC(=O)c1cccc([N+](=O)[O-])c1)C(=O)Nc1ccccc1N1CCCCC1. The summed E-state index contributed by atoms with van der Waals surface area (Å²) >= 11 is 0. The second kappa shape index (κ2) is 9.18. The van der Waals surface area contributed by atoms with E-state index in [1.54, 1.807) is 6.92 Å². The number of amides is 2. The van der Waals surface area contributed by atoms with E-state index in [1.165, 1.54) is 30.7 Å². The van der Waals surface area contributed by atoms with Crippen LogP contribution in [0.25, 0.3) is 0 Å². The Morgan fingerprint density at radius 1 is 1.07 bits per heavy atom. The van der Waals surface area contributed by atoms with Gasteiger partial charge in [0, 0.05) is 30.8 Å². The first kappa shape index (κ1) is 20.3. The van der Waals surface area contributed by atoms with Crippen molar-refractivity contribution in [3.8, 4) is 0 Å². The zero-order chi connectivity index (χ0) is 20.8. The molecule has 1 atom stereocenters. The molecule has 2 aromatic rings. The lowest BCUT2D eigenvalue weighted by atomic mass is 10.1. The van der Waals surface area contributed by atoms with Crippen molar-refractivity contribution in [2.75, 3.05) is 23.3 Å². The van der Waals surface area contributed by atoms with Gasteiger partial charge in [0.1, 0.15) is 6.04 Å². The highest BCUT2D eigenvalue weighted by Gasteiger charge is 2.20. The highest BCUT2D eigenvalue weighted by Crippen LogP contribution is 2.28. The number of nitrogens with one attached hydrogen (secondary N) is 2. The lowest BCUT2D eigenvalue weighted by Gasteiger charge is -2.30. The monoisotopic (exact) mass is 396 g/mol. The summed E-state index contributed by atoms with van der Waals surface area (Å²) in [7, 11) is 0. The molecule has 0 aliphatic carbocycles. The highest BCUT2D eigenvalue weighted by atomic mass is 16.6. The molecule has 2 aromatic carbocycles. The summed E-state index contributed by atoms with van der Waals surface area (Å²) in [6.45, 7) is 3.48. The minimum atomic E-state index is -0.809. The second-order valence-corrected chi connectivity index (χ2v) is 7.06. The summed E-state index contributed by atoms with van der Waals surface area (Å²) in [5.41, 5.74) is 1.63. The van der Waals surface area contributed by atoms with E-state index < -0.39 is 16.9 Å². The molecular weight excluding hydrogens is 372 g/mol. The van der Waals surface area contributed by atoms with Crippen LogP contribution in [0.2, 0.25) is 0 Å². The minimum absolute atomic E-state index is 0.132. The topological polar surface area (TPSA) is 105 Å². The van der Waals surface area contributed by atoms with E-state index in [2.05, 4.69) is 15.5 Å². The van der Waals surface area contributed by atoms with E-state index in [0.29, 0.717) is 5.69 Å². The van der Waals surface area contributed by atoms with E-state index in [-0.39, 0.29) is 17.2 Å². The molecule has 1 aliphatic rings. The molecule has 152 valence electrons. The molecule has 0 bridgehead atoms. The molecule has 1 heterocycles. The Labute approximate surface area is 169 Å². The van der Waals surface area contributed by atoms with Crippen molar-refractivity contribution in [2.24, 2.45) is 0 Å². The van der Waals surface area contributed by atoms with Gasteiger partial charge in [-0.2, -0.15) is 0 Å². The van der Waals surface area contributed by atoms with Crippen LogP contribution in [0.15, 0.2) is 48.5 Å². The summed E-state index contributed by atoms with van der Waals surface area (Å²) < 4.78 is 0. The molecule has 0 spiro atoms. The lowest BCUT2D eigenvalue weighted by Crippen LogP contribution is -2.42. The zero-order valence-electron chi connectivity index (χ0n) is 16.3. The van der Waals surface area contributed by atoms with Crippen LogP contribution in [0.3, 0.4) is 0 Å². The predicted octanol–water partition coefficient (Wildman–Crippen LogP) is 3.34. The zero-order valence-corrected chi connectivity index (χ0v) is 16.3. The molecule has 8 heteroatoms. The van der Waals surface area contributed by atoms with Gasteiger partial charge in [-0.3, -0.25) is 19.7 Å². The van der Waals surface area contributed by atoms with Gasteiger partial charge in [-0.25, -0.2) is 0 Å². The van der Waals surface area contributed by atoms with E-state index >= 15 is 0 Å². The van der Waals surface area contributed by atoms with E-state index in [9.17, 15) is 19.7 Å². The number of nitro groups is 1. The van der Waals surface area contributed by atoms with Gasteiger partial charge >= 0.3 is 0 Å². The number of piperidine rings is 1. The number of hydrogen-bond donors (Lipinski definition) is 2. The molecular formula is C21H24N4O4. The van der Waals surface area contributed by atoms with Gasteiger partial charge in [-0.1, -0.05) is 18.2 Å². The van der Waals surface area contributed by atoms with Crippen LogP contribution in [-0.4, -0.2) is 35.9 Å². The Morgan fingerprint density at radius 3 is 2.52 bits per heavy atom. The largest absolute Gasteiger partial charge is 0.370 e. The van der Waals surface area contributed by atoms with Crippen LogP contribution < -0.4 is 15.5 Å². The Bertz CT molecular complexity index is 909. The molecule has 0 radical (unpaired) electrons. The maximum Gasteiger partial charge on any atom is 0.270 e. The van der Waals surface area contributed by atoms with Gasteiger partial charge in [0.15, 0.2) is 0 Å². The van der Waals surface area contributed by atoms with E-state index in [0.717, 1.165) is 31.6 Å². The number of anilines is 2. The third-order valence-corrected chi connectivity index (χ3v) is 4.92. The summed E-state index contributed by atoms with van der Waals surface area (Å²) in [5, 5.41) is 16.4. The van der Waals surface area contributed by atoms with Crippen LogP contribution in [-0.2, 0) is 4.79 Å². The second-order valence-electron chi connectivity index (χ2n) is 7.06. The molecule has 8 nitrogen and oxygen atoms in total. The number of carbonyl (C=O) groups is 2. The fourth-order valence-electron chi connectivity index (χ4n) is 3.34. The molecule has 1 aliphatic heterocycles. The van der Waals surface area contributed by atoms with Crippen molar-refractivity contribution in [3.05, 3.63) is 64.2 Å². The van der Waals surface area contributed by atoms with Crippen molar-refractivity contribution in [1.29, 1.82) is 0 Å². The molecule has 1 unspecified atom stereocenters. The number of carbonyl (C=O) groups excluding carboxylic acids is 2. The highest BCUT2D eigenvalue weighted by molar-refractivity contribution is 6.02. The summed E-state index contributed by atoms with van der Waals surface area (Å²) in [4.78, 5) is 37.6. The molecule has 0 saturated carbocycles. The summed E-state index contributed by atoms with van der Waals surface area (Å²) in [6.07, 6.45) is 3.46. The van der Waals surface area contributed by atoms with Gasteiger partial charge in [-0.15, -0.1) is 0 Å². The number of rotatable bonds is 6. The molecule has 1 fully saturated rings. The Morgan fingerprint density at radius 2 is 1.79 bits per heavy atom. The average Bonchev–Trinajstić information content (AvgIpc) is 2.74. The molecule has 2 N–H and O–H groups in total. The normalized spacial score (nSPS) is 14.7. The number of hydrogen-bond acceptors (Lipinski definition) is 5. The number of nitro benzene ring substituents is 1. The van der Waals surface area contributed by atoms with Crippen molar-refractivity contribution < 1.29 is 14.5 Å². The van der Waals surface area contributed by atoms with Crippen LogP contribution in [0.5, 0.6) is 0 Å². The molecule has 3 rings (SSSR count). The molecule has 1 saturated heterocycles. The van der Waals surface area contributed by atoms with Gasteiger partial charge < -0.3 is 15.5 Å². The van der Waals surface area contributed by atoms with Crippen LogP contribution in [0.4, 0.5) is 17.1 Å². The smallest absolute Gasteiger partial charge is 0.270 e. The first-order valence-electron chi connectivity index (χ1n) is 9.66. The number of nitrogens with zero attached hydrogens (tertiary/aromatic N) is 2. The molecule has 0 aromatic heterocycles. The first-order chi connectivity index (χ1) is 14.0. The standard InChI is InChI=1S/C21H24N4O4/c1-15(22-21(27)16-8-7-9-17(14-16)25(28)29)20(26)23-18-10-3-4-11-19(18)24-12-5-2-6-13-24/h3-4,7-11,14-15H,2,5-6,12-13H2,1H3,(H,22,27)(H,23,26). The van der Waals surface area contributed by atoms with Crippen molar-refractivity contribution in [3.63, 3.8) is 0 Å². The van der Waals surface area contributed by atoms with Crippen molar-refractivity contribution in [1.82, 2.24) is 5.32 Å². The van der Waals surface area contributed by atoms with Crippen molar-refractivity contribution in [2.45, 2.75) is 32.2 Å². The van der Waals surface area contributed by atoms with Gasteiger partial charge in [-0.05, 0) is 44.4 Å². The van der Waals surface area contributed by atoms with Crippen LogP contribution in [0.1, 0.15) is 36.5 Å². The predicted molar refractivity (Wildman–Crippen MR) is 111 cm³/mol. The first-order valence-corrected chi connectivity index (χ1v) is 9.66. The third-order valence-electron chi connectivity index (χ3n) is 4.92. The van der Waals surface area contributed by atoms with E-state index in [1.807, 2.05) is 24.3 Å². The van der Waals surface area contributed by atoms with E-state index in [4.69, 9.17) is 0 Å². The number of para-hydroxylation sites is 2. The minimum Gasteiger partial charge on any atom is -0.370 e. The van der Waals surface area contributed by atoms with Gasteiger partial charge in [0.05, 0.1) is 16.3 Å². The van der Waals surface area contributed by atoms with Gasteiger partial charge in [0.2, 0.25) is 5.91 Å². The van der Waals surface area contributed by atoms with Gasteiger partial charge in [0.25, 0.3) is 11.6 Å². The Kier molecular flexibility index (Phi) is 6.43. The third kappa shape index (κ3) is 5.10.